The van der Waals surface area contributed by atoms with E-state index in [9.17, 15) is 8.42 Å². The number of hydrogen-bond donors (Lipinski definition) is 1. The molecule has 0 amide bonds. The maximum Gasteiger partial charge on any atom is 0.189 e. The highest BCUT2D eigenvalue weighted by molar-refractivity contribution is 9.11. The van der Waals surface area contributed by atoms with Crippen molar-refractivity contribution in [3.8, 4) is 0 Å². The second kappa shape index (κ2) is 4.53. The van der Waals surface area contributed by atoms with Gasteiger partial charge in [0.15, 0.2) is 9.84 Å². The van der Waals surface area contributed by atoms with Crippen molar-refractivity contribution in [2.24, 2.45) is 0 Å². The maximum atomic E-state index is 11.8. The highest BCUT2D eigenvalue weighted by atomic mass is 79.9. The molecule has 0 aliphatic heterocycles. The second-order valence-corrected chi connectivity index (χ2v) is 8.40. The van der Waals surface area contributed by atoms with Gasteiger partial charge in [-0.05, 0) is 40.9 Å². The number of rotatable bonds is 5. The minimum absolute atomic E-state index is 0.191. The highest BCUT2D eigenvalue weighted by Crippen LogP contribution is 2.26. The monoisotopic (exact) mass is 309 g/mol. The van der Waals surface area contributed by atoms with Gasteiger partial charge in [0, 0.05) is 12.6 Å². The van der Waals surface area contributed by atoms with Crippen LogP contribution in [0.2, 0.25) is 0 Å². The number of halogens is 1. The molecule has 1 aliphatic carbocycles. The van der Waals surface area contributed by atoms with Crippen molar-refractivity contribution in [2.75, 3.05) is 12.3 Å². The molecule has 2 rings (SSSR count). The van der Waals surface area contributed by atoms with Crippen LogP contribution in [-0.4, -0.2) is 26.8 Å². The fourth-order valence-electron chi connectivity index (χ4n) is 1.25. The molecule has 15 heavy (non-hydrogen) atoms. The topological polar surface area (TPSA) is 46.2 Å². The summed E-state index contributed by atoms with van der Waals surface area (Å²) in [5.41, 5.74) is 0. The molecule has 1 aliphatic rings. The zero-order valence-electron chi connectivity index (χ0n) is 8.07. The van der Waals surface area contributed by atoms with Crippen LogP contribution >= 0.6 is 27.3 Å². The Bertz CT molecular complexity index is 437. The quantitative estimate of drug-likeness (QED) is 0.905. The molecule has 0 bridgehead atoms. The lowest BCUT2D eigenvalue weighted by molar-refractivity contribution is 0.592. The fraction of sp³-hybridized carbons (Fsp3) is 0.556. The van der Waals surface area contributed by atoms with Crippen molar-refractivity contribution in [2.45, 2.75) is 23.1 Å². The molecule has 0 radical (unpaired) electrons. The summed E-state index contributed by atoms with van der Waals surface area (Å²) >= 11 is 4.53. The van der Waals surface area contributed by atoms with E-state index < -0.39 is 9.84 Å². The Morgan fingerprint density at radius 1 is 1.47 bits per heavy atom. The van der Waals surface area contributed by atoms with E-state index in [1.54, 1.807) is 12.1 Å². The van der Waals surface area contributed by atoms with Gasteiger partial charge in [0.1, 0.15) is 4.21 Å². The lowest BCUT2D eigenvalue weighted by Crippen LogP contribution is -2.24. The van der Waals surface area contributed by atoms with Gasteiger partial charge < -0.3 is 5.32 Å². The van der Waals surface area contributed by atoms with Crippen LogP contribution in [0.3, 0.4) is 0 Å². The summed E-state index contributed by atoms with van der Waals surface area (Å²) in [5, 5.41) is 3.20. The SMILES string of the molecule is O=S(=O)(CCNC1CC1)c1ccc(Br)s1. The largest absolute Gasteiger partial charge is 0.313 e. The van der Waals surface area contributed by atoms with Gasteiger partial charge in [-0.3, -0.25) is 0 Å². The van der Waals surface area contributed by atoms with Crippen LogP contribution < -0.4 is 5.32 Å². The van der Waals surface area contributed by atoms with E-state index in [0.29, 0.717) is 16.8 Å². The van der Waals surface area contributed by atoms with E-state index in [0.717, 1.165) is 3.79 Å². The van der Waals surface area contributed by atoms with Gasteiger partial charge in [0.2, 0.25) is 0 Å². The molecule has 0 spiro atoms. The molecule has 1 aromatic heterocycles. The zero-order chi connectivity index (χ0) is 10.9. The van der Waals surface area contributed by atoms with Crippen LogP contribution in [0.4, 0.5) is 0 Å². The highest BCUT2D eigenvalue weighted by Gasteiger charge is 2.22. The summed E-state index contributed by atoms with van der Waals surface area (Å²) in [6.07, 6.45) is 2.37. The Morgan fingerprint density at radius 2 is 2.20 bits per heavy atom. The first-order valence-electron chi connectivity index (χ1n) is 4.79. The van der Waals surface area contributed by atoms with Gasteiger partial charge in [-0.15, -0.1) is 11.3 Å². The van der Waals surface area contributed by atoms with Crippen molar-refractivity contribution in [3.05, 3.63) is 15.9 Å². The van der Waals surface area contributed by atoms with E-state index in [-0.39, 0.29) is 5.75 Å². The average molecular weight is 310 g/mol. The summed E-state index contributed by atoms with van der Waals surface area (Å²) < 4.78 is 24.9. The summed E-state index contributed by atoms with van der Waals surface area (Å²) in [7, 11) is -3.08. The summed E-state index contributed by atoms with van der Waals surface area (Å²) in [5.74, 6) is 0.191. The summed E-state index contributed by atoms with van der Waals surface area (Å²) in [6.45, 7) is 0.558. The van der Waals surface area contributed by atoms with Gasteiger partial charge in [0.05, 0.1) is 9.54 Å². The number of hydrogen-bond acceptors (Lipinski definition) is 4. The molecule has 1 heterocycles. The van der Waals surface area contributed by atoms with Crippen LogP contribution in [-0.2, 0) is 9.84 Å². The third kappa shape index (κ3) is 3.27. The Morgan fingerprint density at radius 3 is 2.73 bits per heavy atom. The normalized spacial score (nSPS) is 16.9. The number of sulfone groups is 1. The molecule has 6 heteroatoms. The zero-order valence-corrected chi connectivity index (χ0v) is 11.3. The summed E-state index contributed by atoms with van der Waals surface area (Å²) in [6, 6.07) is 3.99. The van der Waals surface area contributed by atoms with Gasteiger partial charge in [-0.25, -0.2) is 8.42 Å². The first kappa shape index (κ1) is 11.6. The molecule has 0 aromatic carbocycles. The predicted octanol–water partition coefficient (Wildman–Crippen LogP) is 2.04. The molecular weight excluding hydrogens is 298 g/mol. The first-order chi connectivity index (χ1) is 7.08. The molecule has 1 saturated carbocycles. The van der Waals surface area contributed by atoms with Gasteiger partial charge in [-0.2, -0.15) is 0 Å². The minimum atomic E-state index is -3.08. The van der Waals surface area contributed by atoms with Crippen molar-refractivity contribution >= 4 is 37.1 Å². The molecule has 1 N–H and O–H groups in total. The van der Waals surface area contributed by atoms with E-state index >= 15 is 0 Å². The lowest BCUT2D eigenvalue weighted by atomic mass is 10.6. The standard InChI is InChI=1S/C9H12BrNO2S2/c10-8-3-4-9(14-8)15(12,13)6-5-11-7-1-2-7/h3-4,7,11H,1-2,5-6H2. The van der Waals surface area contributed by atoms with Crippen LogP contribution in [0.25, 0.3) is 0 Å². The molecule has 0 unspecified atom stereocenters. The van der Waals surface area contributed by atoms with E-state index in [1.165, 1.54) is 24.2 Å². The van der Waals surface area contributed by atoms with Crippen LogP contribution in [0.15, 0.2) is 20.1 Å². The average Bonchev–Trinajstić information content (AvgIpc) is 2.86. The Labute approximate surface area is 102 Å². The molecular formula is C9H12BrNO2S2. The van der Waals surface area contributed by atoms with Crippen molar-refractivity contribution < 1.29 is 8.42 Å². The van der Waals surface area contributed by atoms with Crippen molar-refractivity contribution in [1.82, 2.24) is 5.32 Å². The Balaban J connectivity index is 1.93. The second-order valence-electron chi connectivity index (χ2n) is 3.61. The smallest absolute Gasteiger partial charge is 0.189 e. The van der Waals surface area contributed by atoms with Crippen LogP contribution in [0.1, 0.15) is 12.8 Å². The van der Waals surface area contributed by atoms with Crippen LogP contribution in [0.5, 0.6) is 0 Å². The van der Waals surface area contributed by atoms with Gasteiger partial charge in [-0.1, -0.05) is 0 Å². The number of thiophene rings is 1. The molecule has 1 aromatic rings. The molecule has 84 valence electrons. The van der Waals surface area contributed by atoms with Crippen LogP contribution in [0, 0.1) is 0 Å². The Hall–Kier alpha value is 0.0900. The molecule has 0 saturated heterocycles. The van der Waals surface area contributed by atoms with E-state index in [4.69, 9.17) is 0 Å². The van der Waals surface area contributed by atoms with Gasteiger partial charge in [0.25, 0.3) is 0 Å². The Kier molecular flexibility index (Phi) is 3.49. The molecule has 3 nitrogen and oxygen atoms in total. The van der Waals surface area contributed by atoms with Crippen molar-refractivity contribution in [1.29, 1.82) is 0 Å². The minimum Gasteiger partial charge on any atom is -0.313 e. The number of nitrogens with one attached hydrogen (secondary N) is 1. The molecule has 1 fully saturated rings. The predicted molar refractivity (Wildman–Crippen MR) is 65.1 cm³/mol. The maximum absolute atomic E-state index is 11.8. The summed E-state index contributed by atoms with van der Waals surface area (Å²) in [4.78, 5) is 0. The lowest BCUT2D eigenvalue weighted by Gasteiger charge is -2.02. The van der Waals surface area contributed by atoms with Gasteiger partial charge >= 0.3 is 0 Å². The van der Waals surface area contributed by atoms with E-state index in [2.05, 4.69) is 21.2 Å². The fourth-order valence-corrected chi connectivity index (χ4v) is 4.58. The van der Waals surface area contributed by atoms with Crippen molar-refractivity contribution in [3.63, 3.8) is 0 Å². The van der Waals surface area contributed by atoms with E-state index in [1.807, 2.05) is 0 Å². The third-order valence-electron chi connectivity index (χ3n) is 2.24. The third-order valence-corrected chi connectivity index (χ3v) is 6.16. The molecule has 0 atom stereocenters. The first-order valence-corrected chi connectivity index (χ1v) is 8.05.